The van der Waals surface area contributed by atoms with Gasteiger partial charge in [-0.1, -0.05) is 0 Å². The van der Waals surface area contributed by atoms with E-state index in [0.717, 1.165) is 0 Å². The summed E-state index contributed by atoms with van der Waals surface area (Å²) in [6, 6.07) is 10.1. The Morgan fingerprint density at radius 1 is 0.909 bits per heavy atom. The van der Waals surface area contributed by atoms with Crippen LogP contribution in [0.25, 0.3) is 0 Å². The highest BCUT2D eigenvalue weighted by Gasteiger charge is 2.13. The first-order valence-corrected chi connectivity index (χ1v) is 6.41. The van der Waals surface area contributed by atoms with Crippen LogP contribution in [0, 0.1) is 0 Å². The number of hydrogen-bond donors (Lipinski definition) is 6. The van der Waals surface area contributed by atoms with Crippen LogP contribution >= 0.6 is 0 Å². The third kappa shape index (κ3) is 3.80. The smallest absolute Gasteiger partial charge is 0.255 e. The molecule has 0 heterocycles. The number of nitrogens with two attached hydrogens (primary N) is 1. The molecular formula is C15H16N2O5. The maximum atomic E-state index is 12.1. The highest BCUT2D eigenvalue weighted by Crippen LogP contribution is 2.23. The highest BCUT2D eigenvalue weighted by molar-refractivity contribution is 6.04. The molecule has 0 bridgehead atoms. The minimum atomic E-state index is -1.80. The Morgan fingerprint density at radius 2 is 1.41 bits per heavy atom. The van der Waals surface area contributed by atoms with Gasteiger partial charge in [-0.2, -0.15) is 0 Å². The van der Waals surface area contributed by atoms with Gasteiger partial charge in [-0.15, -0.1) is 0 Å². The van der Waals surface area contributed by atoms with Crippen LogP contribution < -0.4 is 11.1 Å². The Balaban J connectivity index is 2.28. The number of aliphatic hydroxyl groups excluding tert-OH is 2. The molecule has 0 atom stereocenters. The first kappa shape index (κ1) is 15.9. The Bertz CT molecular complexity index is 642. The first-order chi connectivity index (χ1) is 10.4. The number of aliphatic hydroxyl groups is 4. The van der Waals surface area contributed by atoms with Crippen LogP contribution in [0.1, 0.15) is 34.1 Å². The molecule has 22 heavy (non-hydrogen) atoms. The van der Waals surface area contributed by atoms with Gasteiger partial charge in [-0.25, -0.2) is 0 Å². The summed E-state index contributed by atoms with van der Waals surface area (Å²) in [5.74, 6) is -0.442. The lowest BCUT2D eigenvalue weighted by molar-refractivity contribution is -0.0474. The Hall–Kier alpha value is -2.45. The van der Waals surface area contributed by atoms with Crippen LogP contribution in [0.4, 0.5) is 11.4 Å². The van der Waals surface area contributed by atoms with Gasteiger partial charge in [0.2, 0.25) is 0 Å². The largest absolute Gasteiger partial charge is 0.399 e. The lowest BCUT2D eigenvalue weighted by Crippen LogP contribution is -2.13. The number of rotatable bonds is 4. The predicted molar refractivity (Wildman–Crippen MR) is 79.6 cm³/mol. The van der Waals surface area contributed by atoms with Crippen molar-refractivity contribution < 1.29 is 25.2 Å². The van der Waals surface area contributed by atoms with E-state index in [9.17, 15) is 25.2 Å². The summed E-state index contributed by atoms with van der Waals surface area (Å²) in [5, 5.41) is 39.4. The number of anilines is 2. The van der Waals surface area contributed by atoms with E-state index in [0.29, 0.717) is 11.3 Å². The maximum Gasteiger partial charge on any atom is 0.255 e. The maximum absolute atomic E-state index is 12.1. The van der Waals surface area contributed by atoms with Crippen molar-refractivity contribution in [2.45, 2.75) is 12.6 Å². The first-order valence-electron chi connectivity index (χ1n) is 6.41. The van der Waals surface area contributed by atoms with Crippen molar-refractivity contribution >= 4 is 17.3 Å². The standard InChI is InChI=1S/C15H16N2O5/c16-11-3-1-8(2-4-11)13(18)17-12-6-9(14(19)20)5-10(7-12)15(21)22/h1-7,14-15,19-22H,16H2,(H,17,18). The summed E-state index contributed by atoms with van der Waals surface area (Å²) in [6.45, 7) is 0. The Kier molecular flexibility index (Phi) is 4.74. The molecule has 7 N–H and O–H groups in total. The molecule has 0 fully saturated rings. The molecule has 0 saturated heterocycles. The van der Waals surface area contributed by atoms with E-state index in [-0.39, 0.29) is 16.8 Å². The predicted octanol–water partition coefficient (Wildman–Crippen LogP) is 0.487. The molecule has 0 aliphatic heterocycles. The van der Waals surface area contributed by atoms with Crippen molar-refractivity contribution in [2.24, 2.45) is 0 Å². The molecule has 0 saturated carbocycles. The van der Waals surface area contributed by atoms with E-state index in [1.165, 1.54) is 30.3 Å². The summed E-state index contributed by atoms with van der Waals surface area (Å²) in [6.07, 6.45) is -3.60. The molecule has 7 nitrogen and oxygen atoms in total. The number of amides is 1. The molecule has 0 aromatic heterocycles. The van der Waals surface area contributed by atoms with Gasteiger partial charge in [0.25, 0.3) is 5.91 Å². The summed E-state index contributed by atoms with van der Waals surface area (Å²) in [7, 11) is 0. The third-order valence-corrected chi connectivity index (χ3v) is 3.00. The molecule has 1 amide bonds. The second kappa shape index (κ2) is 6.54. The van der Waals surface area contributed by atoms with Gasteiger partial charge >= 0.3 is 0 Å². The van der Waals surface area contributed by atoms with Crippen LogP contribution in [0.2, 0.25) is 0 Å². The minimum absolute atomic E-state index is 0.0261. The normalized spacial score (nSPS) is 11.0. The molecule has 2 aromatic rings. The summed E-state index contributed by atoms with van der Waals surface area (Å²) < 4.78 is 0. The number of carbonyl (C=O) groups is 1. The zero-order valence-electron chi connectivity index (χ0n) is 11.5. The summed E-state index contributed by atoms with van der Waals surface area (Å²) in [5.41, 5.74) is 6.68. The molecular weight excluding hydrogens is 288 g/mol. The van der Waals surface area contributed by atoms with Crippen LogP contribution in [0.15, 0.2) is 42.5 Å². The molecule has 2 rings (SSSR count). The lowest BCUT2D eigenvalue weighted by Gasteiger charge is -2.13. The summed E-state index contributed by atoms with van der Waals surface area (Å²) >= 11 is 0. The molecule has 0 spiro atoms. The van der Waals surface area contributed by atoms with Gasteiger partial charge in [0.15, 0.2) is 12.6 Å². The Morgan fingerprint density at radius 3 is 1.86 bits per heavy atom. The fourth-order valence-electron chi connectivity index (χ4n) is 1.88. The quantitative estimate of drug-likeness (QED) is 0.359. The number of hydrogen-bond acceptors (Lipinski definition) is 6. The molecule has 0 unspecified atom stereocenters. The van der Waals surface area contributed by atoms with Gasteiger partial charge in [0.1, 0.15) is 0 Å². The van der Waals surface area contributed by atoms with Crippen molar-refractivity contribution in [3.8, 4) is 0 Å². The zero-order chi connectivity index (χ0) is 16.3. The van der Waals surface area contributed by atoms with Crippen molar-refractivity contribution in [3.63, 3.8) is 0 Å². The van der Waals surface area contributed by atoms with E-state index in [1.807, 2.05) is 0 Å². The van der Waals surface area contributed by atoms with Gasteiger partial charge in [0, 0.05) is 28.1 Å². The molecule has 7 heteroatoms. The van der Waals surface area contributed by atoms with E-state index >= 15 is 0 Å². The van der Waals surface area contributed by atoms with E-state index in [2.05, 4.69) is 5.32 Å². The average molecular weight is 304 g/mol. The molecule has 116 valence electrons. The van der Waals surface area contributed by atoms with E-state index < -0.39 is 18.5 Å². The second-order valence-corrected chi connectivity index (χ2v) is 4.71. The van der Waals surface area contributed by atoms with Crippen molar-refractivity contribution in [1.29, 1.82) is 0 Å². The molecule has 0 radical (unpaired) electrons. The van der Waals surface area contributed by atoms with Crippen molar-refractivity contribution in [3.05, 3.63) is 59.2 Å². The zero-order valence-corrected chi connectivity index (χ0v) is 11.5. The van der Waals surface area contributed by atoms with Crippen LogP contribution in [0.3, 0.4) is 0 Å². The van der Waals surface area contributed by atoms with Crippen LogP contribution in [0.5, 0.6) is 0 Å². The number of benzene rings is 2. The Labute approximate surface area is 126 Å². The lowest BCUT2D eigenvalue weighted by atomic mass is 10.1. The third-order valence-electron chi connectivity index (χ3n) is 3.00. The number of carbonyl (C=O) groups excluding carboxylic acids is 1. The average Bonchev–Trinajstić information content (AvgIpc) is 2.47. The SMILES string of the molecule is Nc1ccc(C(=O)Nc2cc(C(O)O)cc(C(O)O)c2)cc1. The van der Waals surface area contributed by atoms with Crippen molar-refractivity contribution in [2.75, 3.05) is 11.1 Å². The second-order valence-electron chi connectivity index (χ2n) is 4.71. The molecule has 0 aliphatic rings. The summed E-state index contributed by atoms with van der Waals surface area (Å²) in [4.78, 5) is 12.1. The topological polar surface area (TPSA) is 136 Å². The van der Waals surface area contributed by atoms with Gasteiger partial charge in [-0.3, -0.25) is 4.79 Å². The number of nitrogens with one attached hydrogen (secondary N) is 1. The van der Waals surface area contributed by atoms with Gasteiger partial charge in [0.05, 0.1) is 0 Å². The monoisotopic (exact) mass is 304 g/mol. The highest BCUT2D eigenvalue weighted by atomic mass is 16.5. The fraction of sp³-hybridized carbons (Fsp3) is 0.133. The fourth-order valence-corrected chi connectivity index (χ4v) is 1.88. The minimum Gasteiger partial charge on any atom is -0.399 e. The van der Waals surface area contributed by atoms with Gasteiger partial charge < -0.3 is 31.5 Å². The van der Waals surface area contributed by atoms with Crippen LogP contribution in [-0.2, 0) is 0 Å². The van der Waals surface area contributed by atoms with Crippen LogP contribution in [-0.4, -0.2) is 26.3 Å². The van der Waals surface area contributed by atoms with Gasteiger partial charge in [-0.05, 0) is 42.5 Å². The molecule has 0 aliphatic carbocycles. The number of nitrogen functional groups attached to an aromatic ring is 1. The molecule has 2 aromatic carbocycles. The van der Waals surface area contributed by atoms with E-state index in [1.54, 1.807) is 12.1 Å². The van der Waals surface area contributed by atoms with E-state index in [4.69, 9.17) is 5.73 Å². The van der Waals surface area contributed by atoms with Crippen molar-refractivity contribution in [1.82, 2.24) is 0 Å².